The maximum Gasteiger partial charge on any atom is 1.00 e. The first kappa shape index (κ1) is 14.8. The van der Waals surface area contributed by atoms with E-state index in [1.54, 1.807) is 0 Å². The fourth-order valence-electron chi connectivity index (χ4n) is 0.367. The topological polar surface area (TPSA) is 95.5 Å². The Balaban J connectivity index is -0.000000500. The van der Waals surface area contributed by atoms with Crippen molar-refractivity contribution < 1.29 is 48.7 Å². The molecule has 0 atom stereocenters. The molecule has 0 rings (SSSR count). The van der Waals surface area contributed by atoms with Crippen LogP contribution in [0.25, 0.3) is 0 Å². The van der Waals surface area contributed by atoms with Crippen LogP contribution in [0.3, 0.4) is 0 Å². The largest absolute Gasteiger partial charge is 1.00 e. The van der Waals surface area contributed by atoms with Gasteiger partial charge in [-0.25, -0.2) is 5.43 Å². The van der Waals surface area contributed by atoms with Crippen molar-refractivity contribution in [2.24, 2.45) is 0 Å². The molecule has 0 aliphatic heterocycles. The van der Waals surface area contributed by atoms with Crippen LogP contribution < -0.4 is 40.4 Å². The van der Waals surface area contributed by atoms with Crippen molar-refractivity contribution in [3.63, 3.8) is 0 Å². The van der Waals surface area contributed by atoms with E-state index < -0.39 is 15.9 Å². The fraction of sp³-hybridized carbons (Fsp3) is 0.750. The van der Waals surface area contributed by atoms with E-state index in [4.69, 9.17) is 4.55 Å². The van der Waals surface area contributed by atoms with Gasteiger partial charge in [-0.15, -0.1) is 0 Å². The molecule has 12 heavy (non-hydrogen) atoms. The van der Waals surface area contributed by atoms with Gasteiger partial charge in [-0.1, -0.05) is 0 Å². The predicted octanol–water partition coefficient (Wildman–Crippen LogP) is -4.37. The molecule has 8 heteroatoms. The van der Waals surface area contributed by atoms with Crippen LogP contribution in [0, 0.1) is 0 Å². The summed E-state index contributed by atoms with van der Waals surface area (Å²) in [6, 6.07) is 0. The molecule has 0 spiro atoms. The van der Waals surface area contributed by atoms with Crippen LogP contribution in [-0.2, 0) is 14.9 Å². The van der Waals surface area contributed by atoms with Crippen molar-refractivity contribution in [3.8, 4) is 0 Å². The van der Waals surface area contributed by atoms with Crippen LogP contribution in [0.5, 0.6) is 0 Å². The molecular weight excluding hydrogens is 195 g/mol. The predicted molar refractivity (Wildman–Crippen MR) is 39.3 cm³/mol. The zero-order valence-electron chi connectivity index (χ0n) is 7.99. The van der Waals surface area contributed by atoms with Crippen molar-refractivity contribution >= 4 is 16.0 Å². The van der Waals surface area contributed by atoms with Gasteiger partial charge >= 0.3 is 29.6 Å². The van der Waals surface area contributed by atoms with Crippen molar-refractivity contribution in [2.45, 2.75) is 6.92 Å². The summed E-state index contributed by atoms with van der Waals surface area (Å²) in [6.45, 7) is 1.26. The summed E-state index contributed by atoms with van der Waals surface area (Å²) < 4.78 is 28.4. The average molecular weight is 206 g/mol. The molecule has 3 N–H and O–H groups in total. The quantitative estimate of drug-likeness (QED) is 0.187. The molecule has 6 nitrogen and oxygen atoms in total. The molecule has 1 amide bonds. The molecule has 0 saturated carbocycles. The van der Waals surface area contributed by atoms with Crippen molar-refractivity contribution in [1.82, 2.24) is 10.9 Å². The summed E-state index contributed by atoms with van der Waals surface area (Å²) in [7, 11) is -3.94. The Morgan fingerprint density at radius 3 is 2.42 bits per heavy atom. The number of carbonyl (C=O) groups is 1. The van der Waals surface area contributed by atoms with Gasteiger partial charge in [-0.05, 0) is 0 Å². The Hall–Kier alpha value is 0.340. The summed E-state index contributed by atoms with van der Waals surface area (Å²) in [5, 5.41) is 0. The summed E-state index contributed by atoms with van der Waals surface area (Å²) >= 11 is 0. The van der Waals surface area contributed by atoms with E-state index in [1.807, 2.05) is 0 Å². The first-order valence-electron chi connectivity index (χ1n) is 2.86. The van der Waals surface area contributed by atoms with Gasteiger partial charge in [0.05, 0.1) is 5.75 Å². The van der Waals surface area contributed by atoms with Gasteiger partial charge < -0.3 is 1.43 Å². The second-order valence-corrected chi connectivity index (χ2v) is 3.47. The maximum absolute atomic E-state index is 10.2. The van der Waals surface area contributed by atoms with Crippen LogP contribution >= 0.6 is 0 Å². The minimum Gasteiger partial charge on any atom is -1.00 e. The molecule has 68 valence electrons. The Bertz CT molecular complexity index is 232. The van der Waals surface area contributed by atoms with Gasteiger partial charge in [0.1, 0.15) is 0 Å². The standard InChI is InChI=1S/C4H10N2O4S.Na.H/c1-4(7)6-5-2-3-11(8,9)10;;/h5H,2-3H2,1H3,(H,6,7)(H,8,9,10);;/q;+1;-1. The Morgan fingerprint density at radius 2 is 2.08 bits per heavy atom. The molecule has 0 aliphatic rings. The molecule has 0 aromatic rings. The molecule has 0 saturated heterocycles. The molecule has 0 aromatic carbocycles. The third kappa shape index (κ3) is 13.0. The number of hydrazine groups is 1. The van der Waals surface area contributed by atoms with Gasteiger partial charge in [0.25, 0.3) is 10.1 Å². The van der Waals surface area contributed by atoms with Gasteiger partial charge in [-0.2, -0.15) is 8.42 Å². The third-order valence-corrected chi connectivity index (χ3v) is 1.47. The fourth-order valence-corrected chi connectivity index (χ4v) is 0.727. The summed E-state index contributed by atoms with van der Waals surface area (Å²) in [6.07, 6.45) is 0. The van der Waals surface area contributed by atoms with E-state index in [-0.39, 0.29) is 43.4 Å². The third-order valence-electron chi connectivity index (χ3n) is 0.749. The van der Waals surface area contributed by atoms with E-state index in [0.717, 1.165) is 0 Å². The number of amides is 1. The zero-order valence-corrected chi connectivity index (χ0v) is 9.81. The minimum atomic E-state index is -3.94. The van der Waals surface area contributed by atoms with Gasteiger partial charge in [0.2, 0.25) is 5.91 Å². The van der Waals surface area contributed by atoms with Crippen LogP contribution in [0.2, 0.25) is 0 Å². The molecular formula is C4H11N2NaO4S. The number of rotatable bonds is 4. The van der Waals surface area contributed by atoms with Crippen molar-refractivity contribution in [2.75, 3.05) is 12.3 Å². The van der Waals surface area contributed by atoms with Crippen molar-refractivity contribution in [1.29, 1.82) is 0 Å². The van der Waals surface area contributed by atoms with E-state index in [0.29, 0.717) is 0 Å². The van der Waals surface area contributed by atoms with Crippen molar-refractivity contribution in [3.05, 3.63) is 0 Å². The van der Waals surface area contributed by atoms with E-state index in [2.05, 4.69) is 10.9 Å². The zero-order chi connectivity index (χ0) is 8.91. The number of hydrogen-bond acceptors (Lipinski definition) is 4. The molecule has 0 unspecified atom stereocenters. The smallest absolute Gasteiger partial charge is 1.00 e. The molecule has 0 fully saturated rings. The number of hydrogen-bond donors (Lipinski definition) is 3. The molecule has 0 bridgehead atoms. The average Bonchev–Trinajstić information content (AvgIpc) is 1.78. The molecule has 0 aliphatic carbocycles. The van der Waals surface area contributed by atoms with Gasteiger partial charge in [0.15, 0.2) is 0 Å². The monoisotopic (exact) mass is 206 g/mol. The van der Waals surface area contributed by atoms with Crippen LogP contribution in [0.4, 0.5) is 0 Å². The van der Waals surface area contributed by atoms with Gasteiger partial charge in [0, 0.05) is 13.5 Å². The molecule has 0 radical (unpaired) electrons. The second-order valence-electron chi connectivity index (χ2n) is 1.89. The SMILES string of the molecule is CC(=O)NNCCS(=O)(=O)O.[H-].[Na+]. The van der Waals surface area contributed by atoms with Crippen LogP contribution in [-0.4, -0.2) is 31.2 Å². The maximum atomic E-state index is 10.2. The number of nitrogens with one attached hydrogen (secondary N) is 2. The van der Waals surface area contributed by atoms with E-state index in [9.17, 15) is 13.2 Å². The Kier molecular flexibility index (Phi) is 8.43. The van der Waals surface area contributed by atoms with Gasteiger partial charge in [-0.3, -0.25) is 14.8 Å². The minimum absolute atomic E-state index is 0. The van der Waals surface area contributed by atoms with E-state index in [1.165, 1.54) is 6.92 Å². The number of carbonyl (C=O) groups excluding carboxylic acids is 1. The Morgan fingerprint density at radius 1 is 1.58 bits per heavy atom. The molecule has 0 heterocycles. The van der Waals surface area contributed by atoms with Crippen LogP contribution in [0.1, 0.15) is 8.35 Å². The summed E-state index contributed by atoms with van der Waals surface area (Å²) in [5.41, 5.74) is 4.46. The second kappa shape index (κ2) is 6.81. The van der Waals surface area contributed by atoms with E-state index >= 15 is 0 Å². The summed E-state index contributed by atoms with van der Waals surface area (Å²) in [4.78, 5) is 10.2. The molecule has 0 aromatic heterocycles. The van der Waals surface area contributed by atoms with Crippen LogP contribution in [0.15, 0.2) is 0 Å². The normalized spacial score (nSPS) is 10.2. The summed E-state index contributed by atoms with van der Waals surface area (Å²) in [5.74, 6) is -0.742. The first-order chi connectivity index (χ1) is 4.92. The Labute approximate surface area is 94.6 Å². The first-order valence-corrected chi connectivity index (χ1v) is 4.47.